The Morgan fingerprint density at radius 3 is 2.20 bits per heavy atom. The molecule has 1 amide bonds. The van der Waals surface area contributed by atoms with Crippen molar-refractivity contribution in [2.24, 2.45) is 5.92 Å². The molecule has 2 heterocycles. The Morgan fingerprint density at radius 1 is 0.914 bits per heavy atom. The smallest absolute Gasteiger partial charge is 0.232 e. The Hall–Kier alpha value is -3.31. The molecule has 0 aromatic heterocycles. The number of benzene rings is 3. The zero-order valence-electron chi connectivity index (χ0n) is 20.6. The van der Waals surface area contributed by atoms with E-state index in [4.69, 9.17) is 4.74 Å². The first kappa shape index (κ1) is 22.2. The lowest BCUT2D eigenvalue weighted by atomic mass is 10.0. The Kier molecular flexibility index (Phi) is 5.73. The van der Waals surface area contributed by atoms with Crippen molar-refractivity contribution in [1.29, 1.82) is 0 Å². The molecule has 3 aliphatic rings. The van der Waals surface area contributed by atoms with Crippen molar-refractivity contribution in [2.45, 2.75) is 38.8 Å². The Morgan fingerprint density at radius 2 is 1.57 bits per heavy atom. The van der Waals surface area contributed by atoms with Gasteiger partial charge in [0, 0.05) is 5.92 Å². The maximum atomic E-state index is 13.7. The molecular weight excluding hydrogens is 434 g/mol. The van der Waals surface area contributed by atoms with E-state index < -0.39 is 0 Å². The third kappa shape index (κ3) is 4.08. The molecular formula is C30H33N3O2. The van der Waals surface area contributed by atoms with Crippen molar-refractivity contribution >= 4 is 17.3 Å². The molecule has 0 bridgehead atoms. The van der Waals surface area contributed by atoms with Gasteiger partial charge in [-0.15, -0.1) is 0 Å². The number of amides is 1. The molecule has 5 nitrogen and oxygen atoms in total. The standard InChI is InChI=1S/C30H33N3O2/c1-21-6-5-7-27-28(21)32(20-31-18-3-4-19-31)29(33(27)30(34)25-12-13-25)24-10-8-22(9-11-24)23-14-16-26(35-2)17-15-23/h5-11,14-17,25,29H,3-4,12-13,18-20H2,1-2H3. The molecule has 2 fully saturated rings. The lowest BCUT2D eigenvalue weighted by molar-refractivity contribution is -0.120. The van der Waals surface area contributed by atoms with Crippen molar-refractivity contribution in [3.63, 3.8) is 0 Å². The van der Waals surface area contributed by atoms with Gasteiger partial charge in [-0.1, -0.05) is 48.5 Å². The first-order valence-corrected chi connectivity index (χ1v) is 12.8. The van der Waals surface area contributed by atoms with Crippen LogP contribution in [0, 0.1) is 12.8 Å². The van der Waals surface area contributed by atoms with E-state index in [9.17, 15) is 4.79 Å². The minimum absolute atomic E-state index is 0.121. The molecule has 3 aromatic rings. The highest BCUT2D eigenvalue weighted by Gasteiger charge is 2.46. The molecule has 1 saturated carbocycles. The third-order valence-corrected chi connectivity index (χ3v) is 7.65. The number of rotatable bonds is 6. The van der Waals surface area contributed by atoms with Gasteiger partial charge in [-0.3, -0.25) is 14.6 Å². The molecule has 1 saturated heterocycles. The first-order chi connectivity index (χ1) is 17.1. The first-order valence-electron chi connectivity index (χ1n) is 12.8. The van der Waals surface area contributed by atoms with Gasteiger partial charge in [0.05, 0.1) is 25.2 Å². The van der Waals surface area contributed by atoms with E-state index in [0.717, 1.165) is 60.7 Å². The Balaban J connectivity index is 1.40. The predicted molar refractivity (Wildman–Crippen MR) is 141 cm³/mol. The van der Waals surface area contributed by atoms with Crippen LogP contribution < -0.4 is 14.5 Å². The van der Waals surface area contributed by atoms with Gasteiger partial charge in [0.25, 0.3) is 0 Å². The van der Waals surface area contributed by atoms with Gasteiger partial charge >= 0.3 is 0 Å². The fraction of sp³-hybridized carbons (Fsp3) is 0.367. The molecule has 180 valence electrons. The summed E-state index contributed by atoms with van der Waals surface area (Å²) in [7, 11) is 1.69. The number of likely N-dealkylation sites (tertiary alicyclic amines) is 1. The van der Waals surface area contributed by atoms with Crippen LogP contribution >= 0.6 is 0 Å². The maximum Gasteiger partial charge on any atom is 0.232 e. The summed E-state index contributed by atoms with van der Waals surface area (Å²) in [5, 5.41) is 0. The van der Waals surface area contributed by atoms with E-state index in [1.54, 1.807) is 7.11 Å². The molecule has 0 spiro atoms. The molecule has 2 aliphatic heterocycles. The second kappa shape index (κ2) is 9.04. The SMILES string of the molecule is COc1ccc(-c2ccc(C3N(CN4CCCC4)c4c(C)cccc4N3C(=O)C3CC3)cc2)cc1. The van der Waals surface area contributed by atoms with Crippen LogP contribution in [0.1, 0.15) is 43.0 Å². The van der Waals surface area contributed by atoms with Gasteiger partial charge in [0.15, 0.2) is 0 Å². The van der Waals surface area contributed by atoms with Crippen LogP contribution in [0.5, 0.6) is 5.75 Å². The Labute approximate surface area is 207 Å². The predicted octanol–water partition coefficient (Wildman–Crippen LogP) is 5.99. The second-order valence-electron chi connectivity index (χ2n) is 10.1. The zero-order chi connectivity index (χ0) is 23.9. The van der Waals surface area contributed by atoms with Gasteiger partial charge in [-0.2, -0.15) is 0 Å². The number of ether oxygens (including phenoxy) is 1. The summed E-state index contributed by atoms with van der Waals surface area (Å²) in [4.78, 5) is 20.8. The summed E-state index contributed by atoms with van der Waals surface area (Å²) < 4.78 is 5.31. The summed E-state index contributed by atoms with van der Waals surface area (Å²) >= 11 is 0. The van der Waals surface area contributed by atoms with Crippen LogP contribution in [0.4, 0.5) is 11.4 Å². The average molecular weight is 468 g/mol. The van der Waals surface area contributed by atoms with E-state index in [1.165, 1.54) is 24.1 Å². The highest BCUT2D eigenvalue weighted by atomic mass is 16.5. The van der Waals surface area contributed by atoms with Gasteiger partial charge in [0.2, 0.25) is 5.91 Å². The second-order valence-corrected chi connectivity index (χ2v) is 10.1. The van der Waals surface area contributed by atoms with Crippen molar-refractivity contribution in [3.8, 4) is 16.9 Å². The number of anilines is 2. The normalized spacial score (nSPS) is 19.8. The number of fused-ring (bicyclic) bond motifs is 1. The van der Waals surface area contributed by atoms with Gasteiger partial charge < -0.3 is 9.64 Å². The molecule has 6 rings (SSSR count). The number of hydrogen-bond donors (Lipinski definition) is 0. The molecule has 1 unspecified atom stereocenters. The molecule has 0 N–H and O–H groups in total. The lowest BCUT2D eigenvalue weighted by Crippen LogP contribution is -2.44. The van der Waals surface area contributed by atoms with Gasteiger partial charge in [0.1, 0.15) is 11.9 Å². The number of para-hydroxylation sites is 1. The van der Waals surface area contributed by atoms with Crippen LogP contribution in [-0.2, 0) is 4.79 Å². The quantitative estimate of drug-likeness (QED) is 0.446. The number of carbonyl (C=O) groups excluding carboxylic acids is 1. The van der Waals surface area contributed by atoms with E-state index >= 15 is 0 Å². The van der Waals surface area contributed by atoms with Crippen LogP contribution in [0.2, 0.25) is 0 Å². The number of nitrogens with zero attached hydrogens (tertiary/aromatic N) is 3. The van der Waals surface area contributed by atoms with Crippen molar-refractivity contribution in [2.75, 3.05) is 36.7 Å². The van der Waals surface area contributed by atoms with Crippen LogP contribution in [0.3, 0.4) is 0 Å². The van der Waals surface area contributed by atoms with Gasteiger partial charge in [-0.25, -0.2) is 0 Å². The third-order valence-electron chi connectivity index (χ3n) is 7.65. The maximum absolute atomic E-state index is 13.7. The number of carbonyl (C=O) groups is 1. The minimum Gasteiger partial charge on any atom is -0.497 e. The minimum atomic E-state index is -0.121. The fourth-order valence-corrected chi connectivity index (χ4v) is 5.62. The highest BCUT2D eigenvalue weighted by molar-refractivity contribution is 6.03. The molecule has 3 aromatic carbocycles. The van der Waals surface area contributed by atoms with E-state index in [0.29, 0.717) is 0 Å². The van der Waals surface area contributed by atoms with E-state index in [-0.39, 0.29) is 18.0 Å². The molecule has 35 heavy (non-hydrogen) atoms. The van der Waals surface area contributed by atoms with Crippen molar-refractivity contribution in [1.82, 2.24) is 4.90 Å². The highest BCUT2D eigenvalue weighted by Crippen LogP contribution is 2.50. The fourth-order valence-electron chi connectivity index (χ4n) is 5.62. The summed E-state index contributed by atoms with van der Waals surface area (Å²) in [6, 6.07) is 23.3. The monoisotopic (exact) mass is 467 g/mol. The average Bonchev–Trinajstić information content (AvgIpc) is 3.52. The largest absolute Gasteiger partial charge is 0.497 e. The topological polar surface area (TPSA) is 36.0 Å². The van der Waals surface area contributed by atoms with Gasteiger partial charge in [-0.05, 0) is 86.1 Å². The van der Waals surface area contributed by atoms with Crippen LogP contribution in [0.25, 0.3) is 11.1 Å². The zero-order valence-corrected chi connectivity index (χ0v) is 20.6. The number of aryl methyl sites for hydroxylation is 1. The molecule has 1 atom stereocenters. The van der Waals surface area contributed by atoms with E-state index in [1.807, 2.05) is 12.1 Å². The number of hydrogen-bond acceptors (Lipinski definition) is 4. The summed E-state index contributed by atoms with van der Waals surface area (Å²) in [5.74, 6) is 1.29. The summed E-state index contributed by atoms with van der Waals surface area (Å²) in [5.41, 5.74) is 6.97. The summed E-state index contributed by atoms with van der Waals surface area (Å²) in [6.07, 6.45) is 4.39. The molecule has 0 radical (unpaired) electrons. The molecule has 1 aliphatic carbocycles. The number of methoxy groups -OCH3 is 1. The van der Waals surface area contributed by atoms with Crippen molar-refractivity contribution < 1.29 is 9.53 Å². The van der Waals surface area contributed by atoms with Crippen LogP contribution in [-0.4, -0.2) is 37.7 Å². The van der Waals surface area contributed by atoms with E-state index in [2.05, 4.69) is 76.2 Å². The van der Waals surface area contributed by atoms with Crippen LogP contribution in [0.15, 0.2) is 66.7 Å². The Bertz CT molecular complexity index is 1210. The molecule has 5 heteroatoms. The lowest BCUT2D eigenvalue weighted by Gasteiger charge is -2.35. The van der Waals surface area contributed by atoms with Crippen molar-refractivity contribution in [3.05, 3.63) is 77.9 Å². The summed E-state index contributed by atoms with van der Waals surface area (Å²) in [6.45, 7) is 5.26.